The molecule has 0 aromatic carbocycles. The van der Waals surface area contributed by atoms with Crippen molar-refractivity contribution >= 4 is 0 Å². The Morgan fingerprint density at radius 2 is 1.44 bits per heavy atom. The summed E-state index contributed by atoms with van der Waals surface area (Å²) >= 11 is 0. The van der Waals surface area contributed by atoms with Crippen LogP contribution in [0.5, 0.6) is 0 Å². The third-order valence-electron chi connectivity index (χ3n) is 4.40. The Bertz CT molecular complexity index is 161. The molecule has 1 aliphatic rings. The highest BCUT2D eigenvalue weighted by molar-refractivity contribution is 4.66. The Morgan fingerprint density at radius 1 is 0.778 bits per heavy atom. The van der Waals surface area contributed by atoms with Crippen molar-refractivity contribution in [2.45, 2.75) is 90.4 Å². The summed E-state index contributed by atoms with van der Waals surface area (Å²) in [5.41, 5.74) is 0. The number of unbranched alkanes of at least 4 members (excludes halogenated alkanes) is 5. The molecular formula is C17H35N. The second-order valence-electron chi connectivity index (χ2n) is 6.16. The summed E-state index contributed by atoms with van der Waals surface area (Å²) in [5.74, 6) is 1.06. The lowest BCUT2D eigenvalue weighted by atomic mass is 9.86. The SMILES string of the molecule is CCCCCCCCNCCCC1CCCCC1. The molecule has 1 aliphatic carbocycles. The predicted molar refractivity (Wildman–Crippen MR) is 82.1 cm³/mol. The molecule has 0 aliphatic heterocycles. The summed E-state index contributed by atoms with van der Waals surface area (Å²) in [6, 6.07) is 0. The zero-order valence-electron chi connectivity index (χ0n) is 12.7. The van der Waals surface area contributed by atoms with Crippen molar-refractivity contribution in [3.63, 3.8) is 0 Å². The van der Waals surface area contributed by atoms with Crippen LogP contribution in [-0.4, -0.2) is 13.1 Å². The Balaban J connectivity index is 1.73. The maximum absolute atomic E-state index is 3.62. The fraction of sp³-hybridized carbons (Fsp3) is 1.00. The van der Waals surface area contributed by atoms with Gasteiger partial charge in [-0.1, -0.05) is 71.1 Å². The van der Waals surface area contributed by atoms with E-state index >= 15 is 0 Å². The average molecular weight is 253 g/mol. The second-order valence-corrected chi connectivity index (χ2v) is 6.16. The van der Waals surface area contributed by atoms with Crippen LogP contribution in [0.4, 0.5) is 0 Å². The van der Waals surface area contributed by atoms with Gasteiger partial charge < -0.3 is 5.32 Å². The normalized spacial score (nSPS) is 17.2. The maximum Gasteiger partial charge on any atom is -0.00488 e. The van der Waals surface area contributed by atoms with Gasteiger partial charge >= 0.3 is 0 Å². The van der Waals surface area contributed by atoms with Crippen LogP contribution in [0.1, 0.15) is 90.4 Å². The van der Waals surface area contributed by atoms with Gasteiger partial charge in [-0.15, -0.1) is 0 Å². The fourth-order valence-electron chi connectivity index (χ4n) is 3.15. The second kappa shape index (κ2) is 12.0. The van der Waals surface area contributed by atoms with Gasteiger partial charge in [-0.2, -0.15) is 0 Å². The van der Waals surface area contributed by atoms with Crippen molar-refractivity contribution in [2.75, 3.05) is 13.1 Å². The summed E-state index contributed by atoms with van der Waals surface area (Å²) in [7, 11) is 0. The van der Waals surface area contributed by atoms with Gasteiger partial charge in [0.05, 0.1) is 0 Å². The summed E-state index contributed by atoms with van der Waals surface area (Å²) in [4.78, 5) is 0. The minimum atomic E-state index is 1.06. The minimum Gasteiger partial charge on any atom is -0.317 e. The van der Waals surface area contributed by atoms with Crippen LogP contribution in [0, 0.1) is 5.92 Å². The van der Waals surface area contributed by atoms with E-state index in [-0.39, 0.29) is 0 Å². The molecule has 1 rings (SSSR count). The van der Waals surface area contributed by atoms with E-state index in [1.807, 2.05) is 0 Å². The molecule has 1 heteroatoms. The van der Waals surface area contributed by atoms with Crippen LogP contribution in [0.2, 0.25) is 0 Å². The zero-order valence-corrected chi connectivity index (χ0v) is 12.7. The molecular weight excluding hydrogens is 218 g/mol. The molecule has 1 saturated carbocycles. The number of rotatable bonds is 11. The summed E-state index contributed by atoms with van der Waals surface area (Å²) in [6.45, 7) is 4.79. The van der Waals surface area contributed by atoms with Crippen molar-refractivity contribution in [1.82, 2.24) is 5.32 Å². The molecule has 0 bridgehead atoms. The van der Waals surface area contributed by atoms with Gasteiger partial charge in [-0.05, 0) is 38.3 Å². The quantitative estimate of drug-likeness (QED) is 0.493. The Labute approximate surface area is 115 Å². The van der Waals surface area contributed by atoms with E-state index in [4.69, 9.17) is 0 Å². The van der Waals surface area contributed by atoms with Gasteiger partial charge in [0.1, 0.15) is 0 Å². The van der Waals surface area contributed by atoms with E-state index in [1.165, 1.54) is 96.6 Å². The molecule has 1 fully saturated rings. The first-order valence-electron chi connectivity index (χ1n) is 8.64. The zero-order chi connectivity index (χ0) is 12.9. The summed E-state index contributed by atoms with van der Waals surface area (Å²) < 4.78 is 0. The minimum absolute atomic E-state index is 1.06. The van der Waals surface area contributed by atoms with Gasteiger partial charge in [-0.3, -0.25) is 0 Å². The standard InChI is InChI=1S/C17H35N/c1-2-3-4-5-6-10-15-18-16-11-14-17-12-8-7-9-13-17/h17-18H,2-16H2,1H3. The topological polar surface area (TPSA) is 12.0 Å². The molecule has 1 N–H and O–H groups in total. The van der Waals surface area contributed by atoms with E-state index < -0.39 is 0 Å². The molecule has 0 radical (unpaired) electrons. The number of hydrogen-bond donors (Lipinski definition) is 1. The molecule has 0 aromatic rings. The summed E-state index contributed by atoms with van der Waals surface area (Å²) in [6.07, 6.45) is 18.9. The van der Waals surface area contributed by atoms with E-state index in [0.29, 0.717) is 0 Å². The van der Waals surface area contributed by atoms with Crippen LogP contribution in [-0.2, 0) is 0 Å². The smallest absolute Gasteiger partial charge is 0.00488 e. The molecule has 0 atom stereocenters. The predicted octanol–water partition coefficient (Wildman–Crippen LogP) is 5.30. The van der Waals surface area contributed by atoms with Crippen LogP contribution < -0.4 is 5.32 Å². The van der Waals surface area contributed by atoms with Gasteiger partial charge in [0, 0.05) is 0 Å². The highest BCUT2D eigenvalue weighted by Crippen LogP contribution is 2.26. The van der Waals surface area contributed by atoms with Crippen LogP contribution in [0.3, 0.4) is 0 Å². The molecule has 1 nitrogen and oxygen atoms in total. The Morgan fingerprint density at radius 3 is 2.22 bits per heavy atom. The number of nitrogens with one attached hydrogen (secondary N) is 1. The molecule has 0 unspecified atom stereocenters. The average Bonchev–Trinajstić information content (AvgIpc) is 2.42. The van der Waals surface area contributed by atoms with Gasteiger partial charge in [0.25, 0.3) is 0 Å². The number of hydrogen-bond acceptors (Lipinski definition) is 1. The first-order valence-corrected chi connectivity index (χ1v) is 8.64. The molecule has 0 spiro atoms. The largest absolute Gasteiger partial charge is 0.317 e. The first-order chi connectivity index (χ1) is 8.93. The van der Waals surface area contributed by atoms with E-state index in [0.717, 1.165) is 5.92 Å². The monoisotopic (exact) mass is 253 g/mol. The highest BCUT2D eigenvalue weighted by atomic mass is 14.8. The molecule has 0 heterocycles. The maximum atomic E-state index is 3.62. The molecule has 0 aromatic heterocycles. The molecule has 18 heavy (non-hydrogen) atoms. The lowest BCUT2D eigenvalue weighted by molar-refractivity contribution is 0.330. The molecule has 0 amide bonds. The van der Waals surface area contributed by atoms with Crippen molar-refractivity contribution in [2.24, 2.45) is 5.92 Å². The lowest BCUT2D eigenvalue weighted by Gasteiger charge is -2.21. The van der Waals surface area contributed by atoms with Gasteiger partial charge in [-0.25, -0.2) is 0 Å². The van der Waals surface area contributed by atoms with Gasteiger partial charge in [0.2, 0.25) is 0 Å². The third-order valence-corrected chi connectivity index (χ3v) is 4.40. The summed E-state index contributed by atoms with van der Waals surface area (Å²) in [5, 5.41) is 3.62. The molecule has 0 saturated heterocycles. The Hall–Kier alpha value is -0.0400. The van der Waals surface area contributed by atoms with Crippen LogP contribution >= 0.6 is 0 Å². The van der Waals surface area contributed by atoms with Gasteiger partial charge in [0.15, 0.2) is 0 Å². The lowest BCUT2D eigenvalue weighted by Crippen LogP contribution is -2.18. The van der Waals surface area contributed by atoms with E-state index in [9.17, 15) is 0 Å². The highest BCUT2D eigenvalue weighted by Gasteiger charge is 2.12. The van der Waals surface area contributed by atoms with E-state index in [2.05, 4.69) is 12.2 Å². The van der Waals surface area contributed by atoms with Crippen LogP contribution in [0.15, 0.2) is 0 Å². The van der Waals surface area contributed by atoms with Crippen molar-refractivity contribution < 1.29 is 0 Å². The van der Waals surface area contributed by atoms with E-state index in [1.54, 1.807) is 0 Å². The van der Waals surface area contributed by atoms with Crippen molar-refractivity contribution in [3.8, 4) is 0 Å². The van der Waals surface area contributed by atoms with Crippen LogP contribution in [0.25, 0.3) is 0 Å². The third kappa shape index (κ3) is 8.97. The van der Waals surface area contributed by atoms with Crippen molar-refractivity contribution in [1.29, 1.82) is 0 Å². The first kappa shape index (κ1) is 16.0. The van der Waals surface area contributed by atoms with Crippen molar-refractivity contribution in [3.05, 3.63) is 0 Å². The molecule has 108 valence electrons. The Kier molecular flexibility index (Phi) is 10.7. The fourth-order valence-corrected chi connectivity index (χ4v) is 3.15.